The number of likely N-dealkylation sites (tertiary alicyclic amines) is 1. The maximum absolute atomic E-state index is 12.3. The Balaban J connectivity index is 0.000000568. The maximum Gasteiger partial charge on any atom is 0.414 e. The van der Waals surface area contributed by atoms with Gasteiger partial charge in [0.15, 0.2) is 0 Å². The van der Waals surface area contributed by atoms with Gasteiger partial charge >= 0.3 is 17.9 Å². The fourth-order valence-electron chi connectivity index (χ4n) is 2.81. The lowest BCUT2D eigenvalue weighted by molar-refractivity contribution is -0.159. The molecule has 0 spiro atoms. The van der Waals surface area contributed by atoms with Gasteiger partial charge in [-0.25, -0.2) is 14.4 Å². The molecule has 0 saturated carbocycles. The highest BCUT2D eigenvalue weighted by molar-refractivity contribution is 7.16. The van der Waals surface area contributed by atoms with Crippen LogP contribution in [-0.2, 0) is 19.1 Å². The number of methoxy groups -OCH3 is 1. The smallest absolute Gasteiger partial charge is 0.414 e. The summed E-state index contributed by atoms with van der Waals surface area (Å²) in [5.74, 6) is -4.12. The summed E-state index contributed by atoms with van der Waals surface area (Å²) < 4.78 is 4.83. The molecule has 1 unspecified atom stereocenters. The molecule has 1 amide bonds. The number of thiophene rings is 1. The van der Waals surface area contributed by atoms with Crippen LogP contribution in [0.25, 0.3) is 0 Å². The maximum atomic E-state index is 12.3. The number of aryl methyl sites for hydroxylation is 1. The Hall–Kier alpha value is -2.46. The molecule has 0 aromatic carbocycles. The molecule has 1 saturated heterocycles. The van der Waals surface area contributed by atoms with E-state index in [2.05, 4.69) is 17.1 Å². The lowest BCUT2D eigenvalue weighted by Crippen LogP contribution is -2.42. The molecule has 156 valence electrons. The summed E-state index contributed by atoms with van der Waals surface area (Å²) in [5, 5.41) is 18.3. The van der Waals surface area contributed by atoms with Gasteiger partial charge in [0.1, 0.15) is 5.00 Å². The summed E-state index contributed by atoms with van der Waals surface area (Å²) in [4.78, 5) is 45.6. The Morgan fingerprint density at radius 1 is 1.18 bits per heavy atom. The number of amides is 1. The molecule has 1 aliphatic rings. The van der Waals surface area contributed by atoms with Crippen molar-refractivity contribution in [2.75, 3.05) is 25.5 Å². The average Bonchev–Trinajstić information content (AvgIpc) is 2.90. The van der Waals surface area contributed by atoms with Crippen LogP contribution in [0.4, 0.5) is 5.00 Å². The Morgan fingerprint density at radius 2 is 1.79 bits per heavy atom. The molecule has 1 atom stereocenters. The van der Waals surface area contributed by atoms with E-state index in [-0.39, 0.29) is 5.91 Å². The first-order valence-electron chi connectivity index (χ1n) is 8.76. The minimum Gasteiger partial charge on any atom is -0.473 e. The van der Waals surface area contributed by atoms with Gasteiger partial charge in [0.05, 0.1) is 19.2 Å². The minimum absolute atomic E-state index is 0.0693. The molecule has 1 aliphatic heterocycles. The average molecular weight is 414 g/mol. The van der Waals surface area contributed by atoms with Gasteiger partial charge in [-0.05, 0) is 45.7 Å². The molecule has 1 aromatic rings. The van der Waals surface area contributed by atoms with Gasteiger partial charge in [-0.3, -0.25) is 9.69 Å². The van der Waals surface area contributed by atoms with E-state index in [1.54, 1.807) is 0 Å². The second kappa shape index (κ2) is 10.8. The zero-order valence-electron chi connectivity index (χ0n) is 16.4. The number of rotatable bonds is 4. The number of ether oxygens (including phenoxy) is 1. The van der Waals surface area contributed by atoms with E-state index in [1.807, 2.05) is 13.8 Å². The number of nitrogens with zero attached hydrogens (tertiary/aromatic N) is 1. The van der Waals surface area contributed by atoms with Crippen molar-refractivity contribution in [1.29, 1.82) is 0 Å². The van der Waals surface area contributed by atoms with Gasteiger partial charge in [0, 0.05) is 10.9 Å². The van der Waals surface area contributed by atoms with Crippen LogP contribution in [0.2, 0.25) is 0 Å². The number of carbonyl (C=O) groups is 4. The van der Waals surface area contributed by atoms with Crippen LogP contribution >= 0.6 is 11.3 Å². The molecule has 9 nitrogen and oxygen atoms in total. The van der Waals surface area contributed by atoms with Crippen molar-refractivity contribution in [2.45, 2.75) is 46.1 Å². The predicted octanol–water partition coefficient (Wildman–Crippen LogP) is 2.12. The first kappa shape index (κ1) is 23.6. The van der Waals surface area contributed by atoms with Gasteiger partial charge in [0.2, 0.25) is 5.91 Å². The fraction of sp³-hybridized carbons (Fsp3) is 0.556. The van der Waals surface area contributed by atoms with Crippen LogP contribution in [-0.4, -0.2) is 65.2 Å². The van der Waals surface area contributed by atoms with Crippen molar-refractivity contribution >= 4 is 40.2 Å². The number of nitrogens with one attached hydrogen (secondary N) is 1. The van der Waals surface area contributed by atoms with Crippen molar-refractivity contribution in [1.82, 2.24) is 4.90 Å². The Kier molecular flexibility index (Phi) is 9.07. The van der Waals surface area contributed by atoms with E-state index in [0.29, 0.717) is 23.2 Å². The van der Waals surface area contributed by atoms with Crippen LogP contribution in [0.3, 0.4) is 0 Å². The van der Waals surface area contributed by atoms with Crippen molar-refractivity contribution in [3.63, 3.8) is 0 Å². The molecular weight excluding hydrogens is 388 g/mol. The molecule has 28 heavy (non-hydrogen) atoms. The number of esters is 1. The van der Waals surface area contributed by atoms with Crippen LogP contribution in [0.1, 0.15) is 47.0 Å². The summed E-state index contributed by atoms with van der Waals surface area (Å²) in [6, 6.07) is 0.436. The number of anilines is 1. The fourth-order valence-corrected chi connectivity index (χ4v) is 3.87. The van der Waals surface area contributed by atoms with Gasteiger partial charge in [-0.1, -0.05) is 6.42 Å². The van der Waals surface area contributed by atoms with Gasteiger partial charge < -0.3 is 20.3 Å². The Labute approximate surface area is 167 Å². The molecule has 10 heteroatoms. The molecule has 0 bridgehead atoms. The second-order valence-corrected chi connectivity index (χ2v) is 7.68. The Morgan fingerprint density at radius 3 is 2.29 bits per heavy atom. The monoisotopic (exact) mass is 414 g/mol. The van der Waals surface area contributed by atoms with Crippen molar-refractivity contribution in [3.8, 4) is 0 Å². The quantitative estimate of drug-likeness (QED) is 0.504. The van der Waals surface area contributed by atoms with Crippen molar-refractivity contribution in [3.05, 3.63) is 16.0 Å². The van der Waals surface area contributed by atoms with E-state index < -0.39 is 17.9 Å². The molecule has 1 fully saturated rings. The third-order valence-electron chi connectivity index (χ3n) is 4.50. The highest BCUT2D eigenvalue weighted by Crippen LogP contribution is 2.33. The normalized spacial score (nSPS) is 16.5. The number of piperidine rings is 1. The molecule has 1 aromatic heterocycles. The van der Waals surface area contributed by atoms with E-state index in [9.17, 15) is 9.59 Å². The SMILES string of the molecule is COC(=O)c1c(NC(=O)CN2CCCCC2C)sc(C)c1C.O=C(O)C(=O)O. The number of carboxylic acids is 2. The van der Waals surface area contributed by atoms with Crippen LogP contribution < -0.4 is 5.32 Å². The predicted molar refractivity (Wildman–Crippen MR) is 104 cm³/mol. The molecule has 2 rings (SSSR count). The summed E-state index contributed by atoms with van der Waals surface area (Å²) in [7, 11) is 1.36. The number of hydrogen-bond acceptors (Lipinski definition) is 7. The van der Waals surface area contributed by atoms with Gasteiger partial charge in [-0.2, -0.15) is 0 Å². The summed E-state index contributed by atoms with van der Waals surface area (Å²) in [6.45, 7) is 7.31. The second-order valence-electron chi connectivity index (χ2n) is 6.45. The lowest BCUT2D eigenvalue weighted by Gasteiger charge is -2.32. The number of carbonyl (C=O) groups excluding carboxylic acids is 2. The number of carboxylic acid groups (broad SMARTS) is 2. The van der Waals surface area contributed by atoms with Crippen molar-refractivity contribution in [2.24, 2.45) is 0 Å². The van der Waals surface area contributed by atoms with E-state index in [4.69, 9.17) is 24.5 Å². The van der Waals surface area contributed by atoms with Gasteiger partial charge in [-0.15, -0.1) is 11.3 Å². The summed E-state index contributed by atoms with van der Waals surface area (Å²) >= 11 is 1.42. The molecule has 0 aliphatic carbocycles. The van der Waals surface area contributed by atoms with Crippen LogP contribution in [0.15, 0.2) is 0 Å². The number of hydrogen-bond donors (Lipinski definition) is 3. The highest BCUT2D eigenvalue weighted by atomic mass is 32.1. The zero-order valence-corrected chi connectivity index (χ0v) is 17.2. The molecule has 2 heterocycles. The summed E-state index contributed by atoms with van der Waals surface area (Å²) in [6.07, 6.45) is 3.51. The minimum atomic E-state index is -1.82. The van der Waals surface area contributed by atoms with Crippen LogP contribution in [0.5, 0.6) is 0 Å². The van der Waals surface area contributed by atoms with Gasteiger partial charge in [0.25, 0.3) is 0 Å². The molecule has 3 N–H and O–H groups in total. The van der Waals surface area contributed by atoms with Crippen molar-refractivity contribution < 1.29 is 34.1 Å². The third kappa shape index (κ3) is 6.61. The lowest BCUT2D eigenvalue weighted by atomic mass is 10.0. The third-order valence-corrected chi connectivity index (χ3v) is 5.62. The molecular formula is C18H26N2O7S. The van der Waals surface area contributed by atoms with E-state index in [0.717, 1.165) is 29.8 Å². The Bertz CT molecular complexity index is 733. The van der Waals surface area contributed by atoms with E-state index in [1.165, 1.54) is 24.9 Å². The standard InChI is InChI=1S/C16H24N2O3S.C2H2O4/c1-10-7-5-6-8-18(10)9-13(19)17-15-14(16(20)21-4)11(2)12(3)22-15;3-1(4)2(5)6/h10H,5-9H2,1-4H3,(H,17,19);(H,3,4)(H,5,6). The topological polar surface area (TPSA) is 133 Å². The van der Waals surface area contributed by atoms with E-state index >= 15 is 0 Å². The first-order valence-corrected chi connectivity index (χ1v) is 9.58. The highest BCUT2D eigenvalue weighted by Gasteiger charge is 2.24. The largest absolute Gasteiger partial charge is 0.473 e. The molecule has 0 radical (unpaired) electrons. The summed E-state index contributed by atoms with van der Waals surface area (Å²) in [5.41, 5.74) is 1.35. The first-order chi connectivity index (χ1) is 13.1. The number of aliphatic carboxylic acids is 2. The zero-order chi connectivity index (χ0) is 21.4. The van der Waals surface area contributed by atoms with Crippen LogP contribution in [0, 0.1) is 13.8 Å².